The monoisotopic (exact) mass is 470 g/mol. The van der Waals surface area contributed by atoms with E-state index in [1.165, 1.54) is 16.4 Å². The zero-order valence-corrected chi connectivity index (χ0v) is 20.0. The van der Waals surface area contributed by atoms with Gasteiger partial charge in [0.05, 0.1) is 16.3 Å². The number of nitrogens with zero attached hydrogens (tertiary/aromatic N) is 3. The Bertz CT molecular complexity index is 1250. The minimum atomic E-state index is -3.56. The second-order valence-electron chi connectivity index (χ2n) is 7.59. The van der Waals surface area contributed by atoms with E-state index in [4.69, 9.17) is 5.10 Å². The maximum absolute atomic E-state index is 13.1. The third-order valence-corrected chi connectivity index (χ3v) is 8.52. The zero-order valence-electron chi connectivity index (χ0n) is 18.3. The van der Waals surface area contributed by atoms with Gasteiger partial charge >= 0.3 is 0 Å². The van der Waals surface area contributed by atoms with Crippen LogP contribution in [0.4, 0.5) is 5.82 Å². The molecule has 9 heteroatoms. The molecule has 32 heavy (non-hydrogen) atoms. The quantitative estimate of drug-likeness (QED) is 0.559. The van der Waals surface area contributed by atoms with E-state index in [1.807, 2.05) is 31.2 Å². The van der Waals surface area contributed by atoms with Gasteiger partial charge in [0.2, 0.25) is 10.0 Å². The molecule has 0 aliphatic carbocycles. The number of nitrogens with one attached hydrogen (secondary N) is 1. The van der Waals surface area contributed by atoms with Crippen molar-refractivity contribution >= 4 is 33.5 Å². The summed E-state index contributed by atoms with van der Waals surface area (Å²) in [6.45, 7) is 6.41. The van der Waals surface area contributed by atoms with Gasteiger partial charge in [0.1, 0.15) is 5.82 Å². The van der Waals surface area contributed by atoms with E-state index >= 15 is 0 Å². The molecule has 0 atom stereocenters. The molecule has 0 saturated heterocycles. The number of hydrogen-bond donors (Lipinski definition) is 1. The van der Waals surface area contributed by atoms with E-state index in [2.05, 4.69) is 5.32 Å². The third-order valence-electron chi connectivity index (χ3n) is 5.49. The fraction of sp³-hybridized carbons (Fsp3) is 0.304. The minimum Gasteiger partial charge on any atom is -0.306 e. The Kier molecular flexibility index (Phi) is 6.41. The Labute approximate surface area is 192 Å². The van der Waals surface area contributed by atoms with Crippen molar-refractivity contribution in [3.05, 3.63) is 70.9 Å². The molecule has 1 amide bonds. The van der Waals surface area contributed by atoms with Crippen molar-refractivity contribution in [3.63, 3.8) is 0 Å². The highest BCUT2D eigenvalue weighted by Gasteiger charge is 2.26. The van der Waals surface area contributed by atoms with E-state index in [0.29, 0.717) is 24.5 Å². The van der Waals surface area contributed by atoms with Crippen molar-refractivity contribution in [1.29, 1.82) is 0 Å². The van der Waals surface area contributed by atoms with Crippen LogP contribution in [0.25, 0.3) is 5.69 Å². The summed E-state index contributed by atoms with van der Waals surface area (Å²) >= 11 is 1.77. The number of amides is 1. The Morgan fingerprint density at radius 2 is 1.84 bits per heavy atom. The van der Waals surface area contributed by atoms with Crippen molar-refractivity contribution in [2.75, 3.05) is 18.4 Å². The molecule has 3 aromatic rings. The molecule has 1 N–H and O–H groups in total. The summed E-state index contributed by atoms with van der Waals surface area (Å²) in [4.78, 5) is 13.2. The van der Waals surface area contributed by atoms with Crippen molar-refractivity contribution in [1.82, 2.24) is 14.1 Å². The molecule has 1 aliphatic heterocycles. The molecule has 0 bridgehead atoms. The molecule has 0 radical (unpaired) electrons. The molecule has 0 fully saturated rings. The lowest BCUT2D eigenvalue weighted by molar-refractivity contribution is 0.102. The van der Waals surface area contributed by atoms with Crippen LogP contribution in [0.1, 0.15) is 41.0 Å². The van der Waals surface area contributed by atoms with Crippen LogP contribution in [0.3, 0.4) is 0 Å². The first kappa shape index (κ1) is 22.6. The number of hydrogen-bond acceptors (Lipinski definition) is 5. The predicted molar refractivity (Wildman–Crippen MR) is 128 cm³/mol. The van der Waals surface area contributed by atoms with Gasteiger partial charge in [-0.25, -0.2) is 13.1 Å². The number of carbonyl (C=O) groups excluding carboxylic acids is 1. The van der Waals surface area contributed by atoms with Gasteiger partial charge in [0.25, 0.3) is 5.91 Å². The van der Waals surface area contributed by atoms with Gasteiger partial charge < -0.3 is 5.32 Å². The maximum atomic E-state index is 13.1. The summed E-state index contributed by atoms with van der Waals surface area (Å²) in [6, 6.07) is 14.0. The summed E-state index contributed by atoms with van der Waals surface area (Å²) in [5.74, 6) is 1.97. The van der Waals surface area contributed by atoms with Crippen LogP contribution < -0.4 is 5.32 Å². The highest BCUT2D eigenvalue weighted by molar-refractivity contribution is 7.98. The van der Waals surface area contributed by atoms with Gasteiger partial charge in [-0.1, -0.05) is 26.0 Å². The number of thioether (sulfide) groups is 1. The van der Waals surface area contributed by atoms with Gasteiger partial charge in [-0.05, 0) is 48.9 Å². The summed E-state index contributed by atoms with van der Waals surface area (Å²) in [7, 11) is -3.56. The molecule has 168 valence electrons. The highest BCUT2D eigenvalue weighted by atomic mass is 32.2. The predicted octanol–water partition coefficient (Wildman–Crippen LogP) is 4.21. The lowest BCUT2D eigenvalue weighted by Gasteiger charge is -2.18. The molecule has 4 rings (SSSR count). The molecule has 0 spiro atoms. The first-order valence-corrected chi connectivity index (χ1v) is 13.1. The van der Waals surface area contributed by atoms with Crippen molar-refractivity contribution in [2.45, 2.75) is 37.2 Å². The van der Waals surface area contributed by atoms with Crippen LogP contribution >= 0.6 is 11.8 Å². The van der Waals surface area contributed by atoms with Crippen molar-refractivity contribution in [3.8, 4) is 5.69 Å². The summed E-state index contributed by atoms with van der Waals surface area (Å²) < 4.78 is 28.6. The first-order valence-electron chi connectivity index (χ1n) is 10.5. The SMILES string of the molecule is CCN(CC)S(=O)(=O)c1ccc(C(=O)Nc2c3c(nn2-c2cccc(C)c2)CSC3)cc1. The normalized spacial score (nSPS) is 13.4. The van der Waals surface area contributed by atoms with Crippen LogP contribution in [-0.4, -0.2) is 41.5 Å². The van der Waals surface area contributed by atoms with E-state index in [1.54, 1.807) is 42.4 Å². The average molecular weight is 471 g/mol. The maximum Gasteiger partial charge on any atom is 0.256 e. The minimum absolute atomic E-state index is 0.180. The van der Waals surface area contributed by atoms with Gasteiger partial charge in [-0.3, -0.25) is 4.79 Å². The molecule has 2 aromatic carbocycles. The lowest BCUT2D eigenvalue weighted by Crippen LogP contribution is -2.30. The molecular weight excluding hydrogens is 444 g/mol. The number of carbonyl (C=O) groups is 1. The van der Waals surface area contributed by atoms with Gasteiger partial charge in [0, 0.05) is 35.7 Å². The van der Waals surface area contributed by atoms with E-state index < -0.39 is 10.0 Å². The fourth-order valence-electron chi connectivity index (χ4n) is 3.76. The number of sulfonamides is 1. The number of aromatic nitrogens is 2. The average Bonchev–Trinajstić information content (AvgIpc) is 3.37. The second kappa shape index (κ2) is 9.09. The Balaban J connectivity index is 1.63. The lowest BCUT2D eigenvalue weighted by atomic mass is 10.2. The zero-order chi connectivity index (χ0) is 22.9. The Morgan fingerprint density at radius 3 is 2.50 bits per heavy atom. The molecule has 1 aromatic heterocycles. The topological polar surface area (TPSA) is 84.3 Å². The molecule has 2 heterocycles. The van der Waals surface area contributed by atoms with Crippen LogP contribution in [0.5, 0.6) is 0 Å². The number of aryl methyl sites for hydroxylation is 1. The van der Waals surface area contributed by atoms with E-state index in [-0.39, 0.29) is 10.8 Å². The Hall–Kier alpha value is -2.62. The van der Waals surface area contributed by atoms with Crippen molar-refractivity contribution in [2.24, 2.45) is 0 Å². The van der Waals surface area contributed by atoms with E-state index in [9.17, 15) is 13.2 Å². The van der Waals surface area contributed by atoms with Crippen LogP contribution in [0.15, 0.2) is 53.4 Å². The summed E-state index contributed by atoms with van der Waals surface area (Å²) in [5.41, 5.74) is 4.40. The molecular formula is C23H26N4O3S2. The number of benzene rings is 2. The molecule has 1 aliphatic rings. The second-order valence-corrected chi connectivity index (χ2v) is 10.5. The van der Waals surface area contributed by atoms with Crippen LogP contribution in [0, 0.1) is 6.92 Å². The van der Waals surface area contributed by atoms with Crippen LogP contribution in [-0.2, 0) is 21.5 Å². The summed E-state index contributed by atoms with van der Waals surface area (Å²) in [6.07, 6.45) is 0. The Morgan fingerprint density at radius 1 is 1.12 bits per heavy atom. The number of fused-ring (bicyclic) bond motifs is 1. The van der Waals surface area contributed by atoms with Gasteiger partial charge in [-0.15, -0.1) is 0 Å². The molecule has 0 saturated carbocycles. The van der Waals surface area contributed by atoms with Crippen molar-refractivity contribution < 1.29 is 13.2 Å². The summed E-state index contributed by atoms with van der Waals surface area (Å²) in [5, 5.41) is 7.75. The fourth-order valence-corrected chi connectivity index (χ4v) is 6.25. The van der Waals surface area contributed by atoms with Gasteiger partial charge in [-0.2, -0.15) is 21.2 Å². The number of rotatable bonds is 7. The third kappa shape index (κ3) is 4.20. The molecule has 0 unspecified atom stereocenters. The first-order chi connectivity index (χ1) is 15.3. The van der Waals surface area contributed by atoms with Gasteiger partial charge in [0.15, 0.2) is 0 Å². The smallest absolute Gasteiger partial charge is 0.256 e. The standard InChI is InChI=1S/C23H26N4O3S2/c1-4-26(5-2)32(29,30)19-11-9-17(10-12-19)23(28)24-22-20-14-31-15-21(20)25-27(22)18-8-6-7-16(3)13-18/h6-13H,4-5,14-15H2,1-3H3,(H,24,28). The van der Waals surface area contributed by atoms with E-state index in [0.717, 1.165) is 34.0 Å². The van der Waals surface area contributed by atoms with Crippen LogP contribution in [0.2, 0.25) is 0 Å². The largest absolute Gasteiger partial charge is 0.306 e. The molecule has 7 nitrogen and oxygen atoms in total. The number of anilines is 1. The highest BCUT2D eigenvalue weighted by Crippen LogP contribution is 2.36.